The molecule has 0 radical (unpaired) electrons. The minimum atomic E-state index is -0.613. The number of carbonyl (C=O) groups excluding carboxylic acids is 1. The first-order chi connectivity index (χ1) is 9.35. The molecule has 108 valence electrons. The van der Waals surface area contributed by atoms with Crippen LogP contribution in [0.3, 0.4) is 0 Å². The highest BCUT2D eigenvalue weighted by atomic mass is 35.5. The van der Waals surface area contributed by atoms with Crippen LogP contribution in [0.15, 0.2) is 12.3 Å². The minimum Gasteiger partial charge on any atom is -0.456 e. The van der Waals surface area contributed by atoms with Gasteiger partial charge in [0.1, 0.15) is 16.3 Å². The van der Waals surface area contributed by atoms with Gasteiger partial charge >= 0.3 is 5.97 Å². The summed E-state index contributed by atoms with van der Waals surface area (Å²) in [6, 6.07) is 1.62. The lowest BCUT2D eigenvalue weighted by atomic mass is 10.1. The third-order valence-electron chi connectivity index (χ3n) is 2.19. The highest BCUT2D eigenvalue weighted by molar-refractivity contribution is 6.32. The number of hydrogen-bond acceptors (Lipinski definition) is 4. The minimum absolute atomic E-state index is 0.0770. The predicted molar refractivity (Wildman–Crippen MR) is 77.6 cm³/mol. The van der Waals surface area contributed by atoms with Crippen LogP contribution < -0.4 is 0 Å². The normalized spacial score (nSPS) is 10.7. The molecule has 1 aromatic heterocycles. The molecular formula is C15H18ClNO3. The van der Waals surface area contributed by atoms with Crippen molar-refractivity contribution in [2.45, 2.75) is 39.2 Å². The van der Waals surface area contributed by atoms with Crippen LogP contribution in [0.5, 0.6) is 0 Å². The lowest BCUT2D eigenvalue weighted by Crippen LogP contribution is -2.24. The van der Waals surface area contributed by atoms with Crippen LogP contribution in [0.4, 0.5) is 0 Å². The molecule has 0 aliphatic carbocycles. The summed E-state index contributed by atoms with van der Waals surface area (Å²) in [7, 11) is 0. The van der Waals surface area contributed by atoms with Crippen LogP contribution >= 0.6 is 11.6 Å². The molecule has 0 spiro atoms. The number of pyridine rings is 1. The summed E-state index contributed by atoms with van der Waals surface area (Å²) in [5.41, 5.74) is 0.0514. The Bertz CT molecular complexity index is 538. The van der Waals surface area contributed by atoms with Crippen molar-refractivity contribution >= 4 is 17.6 Å². The van der Waals surface area contributed by atoms with Gasteiger partial charge in [-0.3, -0.25) is 0 Å². The number of carbonyl (C=O) groups is 1. The van der Waals surface area contributed by atoms with Crippen molar-refractivity contribution in [3.8, 4) is 11.8 Å². The fourth-order valence-corrected chi connectivity index (χ4v) is 1.62. The third kappa shape index (κ3) is 5.20. The van der Waals surface area contributed by atoms with Crippen LogP contribution in [-0.2, 0) is 4.74 Å². The van der Waals surface area contributed by atoms with Gasteiger partial charge in [0.15, 0.2) is 0 Å². The van der Waals surface area contributed by atoms with E-state index >= 15 is 0 Å². The van der Waals surface area contributed by atoms with E-state index in [1.165, 1.54) is 6.20 Å². The molecule has 4 nitrogen and oxygen atoms in total. The largest absolute Gasteiger partial charge is 0.456 e. The van der Waals surface area contributed by atoms with Crippen LogP contribution in [0, 0.1) is 11.8 Å². The van der Waals surface area contributed by atoms with Crippen molar-refractivity contribution in [3.63, 3.8) is 0 Å². The Hall–Kier alpha value is -1.57. The molecule has 1 rings (SSSR count). The molecule has 0 saturated heterocycles. The zero-order valence-electron chi connectivity index (χ0n) is 11.9. The second kappa shape index (κ2) is 7.28. The SMILES string of the molecule is CC(C)(C)OC(=O)c1c(C#CCCCO)ccnc1Cl. The van der Waals surface area contributed by atoms with E-state index in [2.05, 4.69) is 16.8 Å². The van der Waals surface area contributed by atoms with Gasteiger partial charge in [-0.15, -0.1) is 0 Å². The summed E-state index contributed by atoms with van der Waals surface area (Å²) >= 11 is 5.97. The summed E-state index contributed by atoms with van der Waals surface area (Å²) < 4.78 is 5.30. The van der Waals surface area contributed by atoms with Gasteiger partial charge in [-0.1, -0.05) is 23.4 Å². The Morgan fingerprint density at radius 1 is 1.50 bits per heavy atom. The van der Waals surface area contributed by atoms with E-state index in [1.807, 2.05) is 0 Å². The Morgan fingerprint density at radius 3 is 2.80 bits per heavy atom. The van der Waals surface area contributed by atoms with Crippen molar-refractivity contribution in [1.29, 1.82) is 0 Å². The summed E-state index contributed by atoms with van der Waals surface area (Å²) in [4.78, 5) is 16.0. The first-order valence-electron chi connectivity index (χ1n) is 6.32. The number of nitrogens with zero attached hydrogens (tertiary/aromatic N) is 1. The Kier molecular flexibility index (Phi) is 6.00. The number of ether oxygens (including phenoxy) is 1. The van der Waals surface area contributed by atoms with Crippen molar-refractivity contribution in [2.75, 3.05) is 6.61 Å². The van der Waals surface area contributed by atoms with E-state index in [0.29, 0.717) is 18.4 Å². The Balaban J connectivity index is 3.04. The lowest BCUT2D eigenvalue weighted by Gasteiger charge is -2.20. The zero-order valence-corrected chi connectivity index (χ0v) is 12.6. The van der Waals surface area contributed by atoms with Gasteiger partial charge in [0.2, 0.25) is 0 Å². The second-order valence-corrected chi connectivity index (χ2v) is 5.51. The molecule has 1 N–H and O–H groups in total. The molecule has 1 aromatic rings. The first-order valence-corrected chi connectivity index (χ1v) is 6.70. The molecule has 1 heterocycles. The molecule has 0 atom stereocenters. The van der Waals surface area contributed by atoms with E-state index in [1.54, 1.807) is 26.8 Å². The van der Waals surface area contributed by atoms with Gasteiger partial charge in [0, 0.05) is 24.8 Å². The smallest absolute Gasteiger partial charge is 0.343 e. The van der Waals surface area contributed by atoms with Crippen molar-refractivity contribution < 1.29 is 14.6 Å². The summed E-state index contributed by atoms with van der Waals surface area (Å²) in [6.45, 7) is 5.43. The van der Waals surface area contributed by atoms with Crippen LogP contribution in [-0.4, -0.2) is 28.3 Å². The van der Waals surface area contributed by atoms with E-state index in [4.69, 9.17) is 21.4 Å². The van der Waals surface area contributed by atoms with Gasteiger partial charge in [0.25, 0.3) is 0 Å². The van der Waals surface area contributed by atoms with Gasteiger partial charge in [-0.25, -0.2) is 9.78 Å². The lowest BCUT2D eigenvalue weighted by molar-refractivity contribution is 0.00690. The standard InChI is InChI=1S/C15H18ClNO3/c1-15(2,3)20-14(19)12-11(7-5-4-6-10-18)8-9-17-13(12)16/h8-9,18H,4,6,10H2,1-3H3. The topological polar surface area (TPSA) is 59.4 Å². The molecule has 0 aromatic carbocycles. The molecule has 0 bridgehead atoms. The third-order valence-corrected chi connectivity index (χ3v) is 2.48. The maximum Gasteiger partial charge on any atom is 0.343 e. The molecule has 0 fully saturated rings. The van der Waals surface area contributed by atoms with E-state index in [9.17, 15) is 4.79 Å². The fourth-order valence-electron chi connectivity index (χ4n) is 1.39. The summed E-state index contributed by atoms with van der Waals surface area (Å²) in [5.74, 6) is 5.21. The number of hydrogen-bond donors (Lipinski definition) is 1. The summed E-state index contributed by atoms with van der Waals surface area (Å²) in [5, 5.41) is 8.78. The van der Waals surface area contributed by atoms with E-state index < -0.39 is 11.6 Å². The molecular weight excluding hydrogens is 278 g/mol. The predicted octanol–water partition coefficient (Wildman–Crippen LogP) is 2.81. The monoisotopic (exact) mass is 295 g/mol. The number of halogens is 1. The van der Waals surface area contributed by atoms with E-state index in [-0.39, 0.29) is 17.3 Å². The molecule has 0 aliphatic heterocycles. The average Bonchev–Trinajstić information content (AvgIpc) is 2.32. The van der Waals surface area contributed by atoms with Crippen LogP contribution in [0.2, 0.25) is 5.15 Å². The highest BCUT2D eigenvalue weighted by Gasteiger charge is 2.22. The Labute approximate surface area is 124 Å². The fraction of sp³-hybridized carbons (Fsp3) is 0.467. The highest BCUT2D eigenvalue weighted by Crippen LogP contribution is 2.21. The first kappa shape index (κ1) is 16.5. The molecule has 0 amide bonds. The number of aromatic nitrogens is 1. The molecule has 0 unspecified atom stereocenters. The van der Waals surface area contributed by atoms with Crippen molar-refractivity contribution in [1.82, 2.24) is 4.98 Å². The van der Waals surface area contributed by atoms with Gasteiger partial charge in [-0.2, -0.15) is 0 Å². The molecule has 5 heteroatoms. The second-order valence-electron chi connectivity index (χ2n) is 5.16. The maximum absolute atomic E-state index is 12.1. The van der Waals surface area contributed by atoms with Gasteiger partial charge in [0.05, 0.1) is 0 Å². The maximum atomic E-state index is 12.1. The van der Waals surface area contributed by atoms with Crippen LogP contribution in [0.25, 0.3) is 0 Å². The quantitative estimate of drug-likeness (QED) is 0.403. The molecule has 20 heavy (non-hydrogen) atoms. The Morgan fingerprint density at radius 2 is 2.20 bits per heavy atom. The number of unbranched alkanes of at least 4 members (excludes halogenated alkanes) is 1. The van der Waals surface area contributed by atoms with Crippen molar-refractivity contribution in [2.24, 2.45) is 0 Å². The van der Waals surface area contributed by atoms with Crippen molar-refractivity contribution in [3.05, 3.63) is 28.5 Å². The van der Waals surface area contributed by atoms with Crippen LogP contribution in [0.1, 0.15) is 49.5 Å². The number of esters is 1. The van der Waals surface area contributed by atoms with Gasteiger partial charge < -0.3 is 9.84 Å². The molecule has 0 saturated carbocycles. The number of rotatable bonds is 3. The average molecular weight is 296 g/mol. The number of aliphatic hydroxyl groups is 1. The molecule has 0 aliphatic rings. The van der Waals surface area contributed by atoms with E-state index in [0.717, 1.165) is 0 Å². The summed E-state index contributed by atoms with van der Waals surface area (Å²) in [6.07, 6.45) is 2.63. The van der Waals surface area contributed by atoms with Gasteiger partial charge in [-0.05, 0) is 33.3 Å². The number of aliphatic hydroxyl groups excluding tert-OH is 1. The zero-order chi connectivity index (χ0) is 15.2.